The number of carbonyl (C=O) groups is 2. The summed E-state index contributed by atoms with van der Waals surface area (Å²) in [4.78, 5) is 22.0. The molecule has 0 spiro atoms. The molecule has 0 bridgehead atoms. The van der Waals surface area contributed by atoms with Crippen molar-refractivity contribution in [1.29, 1.82) is 0 Å². The van der Waals surface area contributed by atoms with Gasteiger partial charge in [-0.3, -0.25) is 9.59 Å². The number of rotatable bonds is 4. The molecule has 1 amide bonds. The molecule has 1 atom stereocenters. The highest BCUT2D eigenvalue weighted by molar-refractivity contribution is 5.95. The number of carbonyl (C=O) groups excluding carboxylic acids is 1. The molecule has 0 aliphatic heterocycles. The van der Waals surface area contributed by atoms with Crippen LogP contribution in [0.3, 0.4) is 0 Å². The Hall–Kier alpha value is -1.88. The Morgan fingerprint density at radius 1 is 1.44 bits per heavy atom. The first kappa shape index (κ1) is 12.2. The summed E-state index contributed by atoms with van der Waals surface area (Å²) in [5.41, 5.74) is 6.46. The summed E-state index contributed by atoms with van der Waals surface area (Å²) >= 11 is 0. The van der Waals surface area contributed by atoms with Crippen LogP contribution in [0.1, 0.15) is 12.5 Å². The van der Waals surface area contributed by atoms with Crippen molar-refractivity contribution in [3.8, 4) is 0 Å². The van der Waals surface area contributed by atoms with Crippen LogP contribution in [-0.4, -0.2) is 23.0 Å². The van der Waals surface area contributed by atoms with Crippen LogP contribution in [0.25, 0.3) is 0 Å². The lowest BCUT2D eigenvalue weighted by molar-refractivity contribution is -0.136. The first-order valence-electron chi connectivity index (χ1n) is 4.87. The Balaban J connectivity index is 2.86. The van der Waals surface area contributed by atoms with Crippen LogP contribution >= 0.6 is 0 Å². The third-order valence-corrected chi connectivity index (χ3v) is 2.03. The van der Waals surface area contributed by atoms with E-state index in [9.17, 15) is 9.59 Å². The minimum atomic E-state index is -0.942. The number of carboxylic acid groups (broad SMARTS) is 1. The molecule has 1 aromatic carbocycles. The summed E-state index contributed by atoms with van der Waals surface area (Å²) in [5.74, 6) is -1.28. The standard InChI is InChI=1S/C11H14N2O3/c1-7(12)11(16)13-9-5-3-2-4-8(9)6-10(14)15/h2-5,7H,6,12H2,1H3,(H,13,16)(H,14,15)/t7-/m0/s1. The maximum atomic E-state index is 11.4. The van der Waals surface area contributed by atoms with Gasteiger partial charge in [0.1, 0.15) is 0 Å². The highest BCUT2D eigenvalue weighted by Crippen LogP contribution is 2.15. The van der Waals surface area contributed by atoms with Crippen LogP contribution in [0.15, 0.2) is 24.3 Å². The lowest BCUT2D eigenvalue weighted by Gasteiger charge is -2.11. The molecule has 0 heterocycles. The molecule has 16 heavy (non-hydrogen) atoms. The number of para-hydroxylation sites is 1. The number of anilines is 1. The van der Waals surface area contributed by atoms with E-state index >= 15 is 0 Å². The predicted molar refractivity (Wildman–Crippen MR) is 60.1 cm³/mol. The molecule has 1 rings (SSSR count). The van der Waals surface area contributed by atoms with Crippen LogP contribution in [0.5, 0.6) is 0 Å². The van der Waals surface area contributed by atoms with Gasteiger partial charge in [0.25, 0.3) is 0 Å². The van der Waals surface area contributed by atoms with Crippen molar-refractivity contribution in [1.82, 2.24) is 0 Å². The van der Waals surface area contributed by atoms with Gasteiger partial charge in [0.15, 0.2) is 0 Å². The van der Waals surface area contributed by atoms with E-state index in [1.807, 2.05) is 0 Å². The summed E-state index contributed by atoms with van der Waals surface area (Å²) in [6.07, 6.45) is -0.130. The molecule has 1 aromatic rings. The third kappa shape index (κ3) is 3.36. The van der Waals surface area contributed by atoms with Crippen LogP contribution < -0.4 is 11.1 Å². The second-order valence-electron chi connectivity index (χ2n) is 3.51. The minimum absolute atomic E-state index is 0.130. The Morgan fingerprint density at radius 3 is 2.62 bits per heavy atom. The summed E-state index contributed by atoms with van der Waals surface area (Å²) in [7, 11) is 0. The summed E-state index contributed by atoms with van der Waals surface area (Å²) in [6.45, 7) is 1.56. The normalized spacial score (nSPS) is 11.9. The van der Waals surface area contributed by atoms with Crippen LogP contribution in [0.2, 0.25) is 0 Å². The molecule has 0 radical (unpaired) electrons. The molecule has 0 aliphatic carbocycles. The molecular formula is C11H14N2O3. The fourth-order valence-electron chi connectivity index (χ4n) is 1.21. The Bertz CT molecular complexity index is 402. The molecule has 0 unspecified atom stereocenters. The Kier molecular flexibility index (Phi) is 4.02. The molecule has 0 aromatic heterocycles. The fraction of sp³-hybridized carbons (Fsp3) is 0.273. The van der Waals surface area contributed by atoms with Gasteiger partial charge < -0.3 is 16.2 Å². The lowest BCUT2D eigenvalue weighted by atomic mass is 10.1. The summed E-state index contributed by atoms with van der Waals surface area (Å²) < 4.78 is 0. The predicted octanol–water partition coefficient (Wildman–Crippen LogP) is 0.599. The first-order valence-corrected chi connectivity index (χ1v) is 4.87. The second-order valence-corrected chi connectivity index (χ2v) is 3.51. The van der Waals surface area contributed by atoms with Crippen molar-refractivity contribution >= 4 is 17.6 Å². The summed E-state index contributed by atoms with van der Waals surface area (Å²) in [5, 5.41) is 11.3. The largest absolute Gasteiger partial charge is 0.481 e. The zero-order chi connectivity index (χ0) is 12.1. The van der Waals surface area contributed by atoms with Crippen molar-refractivity contribution in [2.45, 2.75) is 19.4 Å². The molecule has 5 heteroatoms. The van der Waals surface area contributed by atoms with E-state index in [-0.39, 0.29) is 12.3 Å². The number of hydrogen-bond donors (Lipinski definition) is 3. The van der Waals surface area contributed by atoms with Crippen molar-refractivity contribution in [2.24, 2.45) is 5.73 Å². The number of nitrogens with two attached hydrogens (primary N) is 1. The zero-order valence-corrected chi connectivity index (χ0v) is 8.93. The smallest absolute Gasteiger partial charge is 0.307 e. The lowest BCUT2D eigenvalue weighted by Crippen LogP contribution is -2.32. The van der Waals surface area contributed by atoms with Gasteiger partial charge in [0.2, 0.25) is 5.91 Å². The van der Waals surface area contributed by atoms with E-state index in [4.69, 9.17) is 10.8 Å². The number of amides is 1. The van der Waals surface area contributed by atoms with E-state index in [1.165, 1.54) is 0 Å². The van der Waals surface area contributed by atoms with Crippen LogP contribution in [0.4, 0.5) is 5.69 Å². The molecule has 0 saturated heterocycles. The van der Waals surface area contributed by atoms with Gasteiger partial charge in [0, 0.05) is 5.69 Å². The molecule has 0 aliphatic rings. The minimum Gasteiger partial charge on any atom is -0.481 e. The number of carboxylic acids is 1. The SMILES string of the molecule is C[C@H](N)C(=O)Nc1ccccc1CC(=O)O. The maximum absolute atomic E-state index is 11.4. The third-order valence-electron chi connectivity index (χ3n) is 2.03. The van der Waals surface area contributed by atoms with Gasteiger partial charge in [-0.05, 0) is 18.6 Å². The van der Waals surface area contributed by atoms with Gasteiger partial charge >= 0.3 is 5.97 Å². The van der Waals surface area contributed by atoms with Gasteiger partial charge in [-0.15, -0.1) is 0 Å². The topological polar surface area (TPSA) is 92.4 Å². The van der Waals surface area contributed by atoms with Gasteiger partial charge in [-0.2, -0.15) is 0 Å². The summed E-state index contributed by atoms with van der Waals surface area (Å²) in [6, 6.07) is 6.13. The highest BCUT2D eigenvalue weighted by atomic mass is 16.4. The second kappa shape index (κ2) is 5.27. The van der Waals surface area contributed by atoms with Crippen molar-refractivity contribution < 1.29 is 14.7 Å². The first-order chi connectivity index (χ1) is 7.50. The van der Waals surface area contributed by atoms with Gasteiger partial charge in [-0.25, -0.2) is 0 Å². The van der Waals surface area contributed by atoms with E-state index < -0.39 is 12.0 Å². The van der Waals surface area contributed by atoms with Gasteiger partial charge in [0.05, 0.1) is 12.5 Å². The van der Waals surface area contributed by atoms with Crippen LogP contribution in [0, 0.1) is 0 Å². The van der Waals surface area contributed by atoms with E-state index in [0.29, 0.717) is 11.3 Å². The van der Waals surface area contributed by atoms with Crippen molar-refractivity contribution in [2.75, 3.05) is 5.32 Å². The van der Waals surface area contributed by atoms with Crippen LogP contribution in [-0.2, 0) is 16.0 Å². The number of nitrogens with one attached hydrogen (secondary N) is 1. The zero-order valence-electron chi connectivity index (χ0n) is 8.93. The molecule has 0 saturated carbocycles. The fourth-order valence-corrected chi connectivity index (χ4v) is 1.21. The van der Waals surface area contributed by atoms with E-state index in [2.05, 4.69) is 5.32 Å². The number of aliphatic carboxylic acids is 1. The number of hydrogen-bond acceptors (Lipinski definition) is 3. The van der Waals surface area contributed by atoms with Crippen molar-refractivity contribution in [3.63, 3.8) is 0 Å². The molecule has 0 fully saturated rings. The Labute approximate surface area is 93.3 Å². The van der Waals surface area contributed by atoms with E-state index in [1.54, 1.807) is 31.2 Å². The average Bonchev–Trinajstić information content (AvgIpc) is 2.20. The maximum Gasteiger partial charge on any atom is 0.307 e. The number of benzene rings is 1. The highest BCUT2D eigenvalue weighted by Gasteiger charge is 2.11. The molecular weight excluding hydrogens is 208 g/mol. The molecule has 5 nitrogen and oxygen atoms in total. The monoisotopic (exact) mass is 222 g/mol. The van der Waals surface area contributed by atoms with E-state index in [0.717, 1.165) is 0 Å². The van der Waals surface area contributed by atoms with Crippen molar-refractivity contribution in [3.05, 3.63) is 29.8 Å². The quantitative estimate of drug-likeness (QED) is 0.695. The average molecular weight is 222 g/mol. The van der Waals surface area contributed by atoms with Gasteiger partial charge in [-0.1, -0.05) is 18.2 Å². The molecule has 4 N–H and O–H groups in total. The Morgan fingerprint density at radius 2 is 2.06 bits per heavy atom. The molecule has 86 valence electrons.